The Morgan fingerprint density at radius 1 is 1.08 bits per heavy atom. The van der Waals surface area contributed by atoms with Crippen LogP contribution in [0.5, 0.6) is 0 Å². The second-order valence-electron chi connectivity index (χ2n) is 7.47. The van der Waals surface area contributed by atoms with Crippen LogP contribution < -0.4 is 10.6 Å². The zero-order valence-electron chi connectivity index (χ0n) is 16.0. The molecule has 0 fully saturated rings. The summed E-state index contributed by atoms with van der Waals surface area (Å²) < 4.78 is 0. The van der Waals surface area contributed by atoms with Gasteiger partial charge in [-0.2, -0.15) is 0 Å². The van der Waals surface area contributed by atoms with Gasteiger partial charge < -0.3 is 15.7 Å². The summed E-state index contributed by atoms with van der Waals surface area (Å²) in [5, 5.41) is 15.4. The van der Waals surface area contributed by atoms with Gasteiger partial charge in [-0.25, -0.2) is 0 Å². The molecule has 0 bridgehead atoms. The predicted molar refractivity (Wildman–Crippen MR) is 102 cm³/mol. The summed E-state index contributed by atoms with van der Waals surface area (Å²) in [6.07, 6.45) is 0.934. The topological polar surface area (TPSA) is 78.4 Å². The monoisotopic (exact) mass is 348 g/mol. The van der Waals surface area contributed by atoms with E-state index in [4.69, 9.17) is 0 Å². The van der Waals surface area contributed by atoms with Crippen molar-refractivity contribution < 1.29 is 14.7 Å². The van der Waals surface area contributed by atoms with Crippen molar-refractivity contribution in [3.63, 3.8) is 0 Å². The third-order valence-electron chi connectivity index (χ3n) is 4.17. The molecule has 2 atom stereocenters. The molecular weight excluding hydrogens is 316 g/mol. The number of carboxylic acid groups (broad SMARTS) is 1. The Morgan fingerprint density at radius 3 is 2.28 bits per heavy atom. The lowest BCUT2D eigenvalue weighted by molar-refractivity contribution is -0.142. The third kappa shape index (κ3) is 7.69. The zero-order valence-corrected chi connectivity index (χ0v) is 16.0. The minimum absolute atomic E-state index is 0.0659. The van der Waals surface area contributed by atoms with Crippen LogP contribution in [-0.2, 0) is 9.59 Å². The molecule has 0 spiro atoms. The van der Waals surface area contributed by atoms with E-state index in [1.54, 1.807) is 0 Å². The number of hydrogen-bond donors (Lipinski definition) is 3. The molecule has 0 aliphatic rings. The Bertz CT molecular complexity index is 570. The molecule has 0 saturated heterocycles. The molecule has 1 aromatic rings. The molecule has 1 amide bonds. The summed E-state index contributed by atoms with van der Waals surface area (Å²) >= 11 is 0. The van der Waals surface area contributed by atoms with E-state index in [2.05, 4.69) is 24.5 Å². The summed E-state index contributed by atoms with van der Waals surface area (Å²) in [7, 11) is 0. The highest BCUT2D eigenvalue weighted by atomic mass is 16.4. The number of para-hydroxylation sites is 1. The molecule has 5 heteroatoms. The molecule has 5 nitrogen and oxygen atoms in total. The quantitative estimate of drug-likeness (QED) is 0.600. The van der Waals surface area contributed by atoms with E-state index < -0.39 is 11.9 Å². The molecule has 1 aromatic carbocycles. The van der Waals surface area contributed by atoms with Crippen molar-refractivity contribution in [3.8, 4) is 0 Å². The first-order valence-corrected chi connectivity index (χ1v) is 9.05. The lowest BCUT2D eigenvalue weighted by Crippen LogP contribution is -2.37. The molecule has 0 heterocycles. The van der Waals surface area contributed by atoms with Crippen LogP contribution in [0.25, 0.3) is 0 Å². The van der Waals surface area contributed by atoms with Crippen molar-refractivity contribution in [1.29, 1.82) is 0 Å². The average Bonchev–Trinajstić information content (AvgIpc) is 2.50. The van der Waals surface area contributed by atoms with Gasteiger partial charge in [-0.3, -0.25) is 9.59 Å². The summed E-state index contributed by atoms with van der Waals surface area (Å²) in [5.74, 6) is -0.617. The largest absolute Gasteiger partial charge is 0.481 e. The molecule has 25 heavy (non-hydrogen) atoms. The van der Waals surface area contributed by atoms with Crippen molar-refractivity contribution >= 4 is 17.6 Å². The van der Waals surface area contributed by atoms with E-state index in [-0.39, 0.29) is 11.9 Å². The van der Waals surface area contributed by atoms with Gasteiger partial charge in [0.05, 0.1) is 5.92 Å². The molecule has 140 valence electrons. The maximum Gasteiger partial charge on any atom is 0.307 e. The van der Waals surface area contributed by atoms with Crippen LogP contribution >= 0.6 is 0 Å². The molecule has 0 aliphatic carbocycles. The van der Waals surface area contributed by atoms with Crippen molar-refractivity contribution in [2.45, 2.75) is 59.4 Å². The van der Waals surface area contributed by atoms with E-state index in [1.165, 1.54) is 0 Å². The molecule has 3 N–H and O–H groups in total. The number of amides is 1. The lowest BCUT2D eigenvalue weighted by Gasteiger charge is -2.19. The predicted octanol–water partition coefficient (Wildman–Crippen LogP) is 3.86. The van der Waals surface area contributed by atoms with Gasteiger partial charge in [-0.05, 0) is 36.8 Å². The van der Waals surface area contributed by atoms with Crippen LogP contribution in [-0.4, -0.2) is 29.6 Å². The fourth-order valence-corrected chi connectivity index (χ4v) is 2.85. The Kier molecular flexibility index (Phi) is 8.62. The van der Waals surface area contributed by atoms with Crippen molar-refractivity contribution in [2.75, 3.05) is 11.9 Å². The van der Waals surface area contributed by atoms with Crippen molar-refractivity contribution in [2.24, 2.45) is 11.8 Å². The molecule has 0 saturated carbocycles. The number of nitrogens with one attached hydrogen (secondary N) is 2. The standard InChI is InChI=1S/C20H32N2O3/c1-13(2)10-16(20(24)25)12-21-15(5)11-19(23)22-18-9-7-6-8-17(18)14(3)4/h6-9,13-16,21H,10-12H2,1-5H3,(H,22,23)(H,24,25). The molecular formula is C20H32N2O3. The molecule has 0 aliphatic heterocycles. The highest BCUT2D eigenvalue weighted by molar-refractivity contribution is 5.92. The lowest BCUT2D eigenvalue weighted by atomic mass is 9.97. The van der Waals surface area contributed by atoms with E-state index in [0.717, 1.165) is 11.3 Å². The highest BCUT2D eigenvalue weighted by Gasteiger charge is 2.20. The van der Waals surface area contributed by atoms with Crippen LogP contribution in [0.2, 0.25) is 0 Å². The van der Waals surface area contributed by atoms with E-state index in [1.807, 2.05) is 45.0 Å². The first-order chi connectivity index (χ1) is 11.7. The number of carbonyl (C=O) groups excluding carboxylic acids is 1. The number of benzene rings is 1. The second kappa shape index (κ2) is 10.2. The van der Waals surface area contributed by atoms with Gasteiger partial charge >= 0.3 is 5.97 Å². The molecule has 0 radical (unpaired) electrons. The second-order valence-corrected chi connectivity index (χ2v) is 7.47. The first kappa shape index (κ1) is 21.2. The van der Waals surface area contributed by atoms with Crippen molar-refractivity contribution in [1.82, 2.24) is 5.32 Å². The maximum absolute atomic E-state index is 12.3. The Hall–Kier alpha value is -1.88. The summed E-state index contributed by atoms with van der Waals surface area (Å²) in [4.78, 5) is 23.6. The van der Waals surface area contributed by atoms with Gasteiger partial charge in [-0.1, -0.05) is 45.9 Å². The Labute approximate surface area is 151 Å². The third-order valence-corrected chi connectivity index (χ3v) is 4.17. The average molecular weight is 348 g/mol. The van der Waals surface area contributed by atoms with Gasteiger partial charge in [0.2, 0.25) is 5.91 Å². The molecule has 0 aromatic heterocycles. The van der Waals surface area contributed by atoms with Crippen LogP contribution in [0.3, 0.4) is 0 Å². The smallest absolute Gasteiger partial charge is 0.307 e. The fraction of sp³-hybridized carbons (Fsp3) is 0.600. The zero-order chi connectivity index (χ0) is 19.0. The molecule has 2 unspecified atom stereocenters. The van der Waals surface area contributed by atoms with Gasteiger partial charge in [0.25, 0.3) is 0 Å². The number of hydrogen-bond acceptors (Lipinski definition) is 3. The minimum atomic E-state index is -0.788. The summed E-state index contributed by atoms with van der Waals surface area (Å²) in [5.41, 5.74) is 1.96. The Morgan fingerprint density at radius 2 is 1.72 bits per heavy atom. The summed E-state index contributed by atoms with van der Waals surface area (Å²) in [6, 6.07) is 7.72. The summed E-state index contributed by atoms with van der Waals surface area (Å²) in [6.45, 7) is 10.5. The maximum atomic E-state index is 12.3. The first-order valence-electron chi connectivity index (χ1n) is 9.05. The van der Waals surface area contributed by atoms with Gasteiger partial charge in [0.1, 0.15) is 0 Å². The number of carbonyl (C=O) groups is 2. The van der Waals surface area contributed by atoms with Gasteiger partial charge in [0.15, 0.2) is 0 Å². The van der Waals surface area contributed by atoms with Crippen LogP contribution in [0.15, 0.2) is 24.3 Å². The number of rotatable bonds is 10. The van der Waals surface area contributed by atoms with Crippen molar-refractivity contribution in [3.05, 3.63) is 29.8 Å². The number of anilines is 1. The van der Waals surface area contributed by atoms with Gasteiger partial charge in [0, 0.05) is 24.7 Å². The minimum Gasteiger partial charge on any atom is -0.481 e. The number of carboxylic acids is 1. The van der Waals surface area contributed by atoms with E-state index >= 15 is 0 Å². The van der Waals surface area contributed by atoms with Crippen LogP contribution in [0, 0.1) is 11.8 Å². The number of aliphatic carboxylic acids is 1. The normalized spacial score (nSPS) is 13.7. The SMILES string of the molecule is CC(C)CC(CNC(C)CC(=O)Nc1ccccc1C(C)C)C(=O)O. The van der Waals surface area contributed by atoms with E-state index in [0.29, 0.717) is 31.2 Å². The van der Waals surface area contributed by atoms with E-state index in [9.17, 15) is 14.7 Å². The molecule has 1 rings (SSSR count). The Balaban J connectivity index is 2.53. The fourth-order valence-electron chi connectivity index (χ4n) is 2.85. The highest BCUT2D eigenvalue weighted by Crippen LogP contribution is 2.23. The van der Waals surface area contributed by atoms with Crippen LogP contribution in [0.1, 0.15) is 58.9 Å². The van der Waals surface area contributed by atoms with Crippen LogP contribution in [0.4, 0.5) is 5.69 Å². The van der Waals surface area contributed by atoms with Gasteiger partial charge in [-0.15, -0.1) is 0 Å².